The fraction of sp³-hybridized carbons (Fsp3) is 0.333. The van der Waals surface area contributed by atoms with Gasteiger partial charge >= 0.3 is 0 Å². The highest BCUT2D eigenvalue weighted by Crippen LogP contribution is 2.25. The number of benzene rings is 2. The first-order chi connectivity index (χ1) is 12.9. The van der Waals surface area contributed by atoms with Crippen molar-refractivity contribution in [1.82, 2.24) is 10.9 Å². The van der Waals surface area contributed by atoms with Crippen LogP contribution in [0, 0.1) is 0 Å². The van der Waals surface area contributed by atoms with Crippen LogP contribution in [0.3, 0.4) is 0 Å². The predicted octanol–water partition coefficient (Wildman–Crippen LogP) is 3.44. The van der Waals surface area contributed by atoms with Crippen molar-refractivity contribution in [2.75, 3.05) is 6.61 Å². The highest BCUT2D eigenvalue weighted by molar-refractivity contribution is 5.95. The molecular weight excluding hydrogens is 344 g/mol. The van der Waals surface area contributed by atoms with E-state index < -0.39 is 11.8 Å². The molecule has 27 heavy (non-hydrogen) atoms. The molecule has 0 spiro atoms. The molecule has 2 aromatic rings. The number of ether oxygens (including phenoxy) is 2. The number of hydrogen-bond donors (Lipinski definition) is 2. The van der Waals surface area contributed by atoms with Gasteiger partial charge in [-0.05, 0) is 49.6 Å². The molecule has 0 aliphatic rings. The Morgan fingerprint density at radius 2 is 1.70 bits per heavy atom. The van der Waals surface area contributed by atoms with Crippen molar-refractivity contribution in [2.45, 2.75) is 39.7 Å². The summed E-state index contributed by atoms with van der Waals surface area (Å²) in [5, 5.41) is 0. The second-order valence-corrected chi connectivity index (χ2v) is 6.68. The molecule has 0 saturated heterocycles. The molecule has 0 aromatic heterocycles. The lowest BCUT2D eigenvalue weighted by molar-refractivity contribution is -0.123. The summed E-state index contributed by atoms with van der Waals surface area (Å²) in [6.07, 6.45) is 0.00822. The minimum absolute atomic E-state index is 0.00822. The second-order valence-electron chi connectivity index (χ2n) is 6.68. The number of rotatable bonds is 7. The maximum Gasteiger partial charge on any atom is 0.276 e. The Bertz CT molecular complexity index is 787. The van der Waals surface area contributed by atoms with Gasteiger partial charge in [0.05, 0.1) is 6.10 Å². The summed E-state index contributed by atoms with van der Waals surface area (Å²) < 4.78 is 11.1. The van der Waals surface area contributed by atoms with E-state index in [1.54, 1.807) is 24.3 Å². The van der Waals surface area contributed by atoms with Crippen LogP contribution >= 0.6 is 0 Å². The molecule has 0 radical (unpaired) electrons. The molecule has 0 bridgehead atoms. The number of nitrogens with one attached hydrogen (secondary N) is 2. The zero-order valence-corrected chi connectivity index (χ0v) is 16.1. The quantitative estimate of drug-likeness (QED) is 0.732. The van der Waals surface area contributed by atoms with E-state index >= 15 is 0 Å². The third kappa shape index (κ3) is 6.33. The van der Waals surface area contributed by atoms with Crippen molar-refractivity contribution in [3.05, 3.63) is 59.7 Å². The number of carbonyl (C=O) groups excluding carboxylic acids is 2. The normalized spacial score (nSPS) is 10.6. The Hall–Kier alpha value is -3.02. The summed E-state index contributed by atoms with van der Waals surface area (Å²) in [7, 11) is 0. The summed E-state index contributed by atoms with van der Waals surface area (Å²) in [6, 6.07) is 14.3. The lowest BCUT2D eigenvalue weighted by atomic mass is 10.0. The van der Waals surface area contributed by atoms with Gasteiger partial charge in [0.2, 0.25) is 0 Å². The van der Waals surface area contributed by atoms with Gasteiger partial charge in [-0.1, -0.05) is 38.1 Å². The number of hydrogen-bond acceptors (Lipinski definition) is 4. The summed E-state index contributed by atoms with van der Waals surface area (Å²) >= 11 is 0. The van der Waals surface area contributed by atoms with E-state index in [0.717, 1.165) is 5.56 Å². The van der Waals surface area contributed by atoms with Crippen molar-refractivity contribution in [3.63, 3.8) is 0 Å². The van der Waals surface area contributed by atoms with Gasteiger partial charge in [0.25, 0.3) is 11.8 Å². The van der Waals surface area contributed by atoms with Gasteiger partial charge in [0, 0.05) is 5.56 Å². The van der Waals surface area contributed by atoms with Crippen molar-refractivity contribution < 1.29 is 19.1 Å². The van der Waals surface area contributed by atoms with E-state index in [2.05, 4.69) is 24.7 Å². The highest BCUT2D eigenvalue weighted by Gasteiger charge is 2.11. The lowest BCUT2D eigenvalue weighted by Crippen LogP contribution is -2.43. The third-order valence-corrected chi connectivity index (χ3v) is 3.68. The number of amides is 2. The molecular formula is C21H26N2O4. The SMILES string of the molecule is CC(C)Oc1cccc(C(=O)NNC(=O)COc2ccccc2C(C)C)c1. The van der Waals surface area contributed by atoms with Crippen LogP contribution in [0.5, 0.6) is 11.5 Å². The summed E-state index contributed by atoms with van der Waals surface area (Å²) in [6.45, 7) is 7.73. The van der Waals surface area contributed by atoms with E-state index in [-0.39, 0.29) is 18.6 Å². The van der Waals surface area contributed by atoms with Gasteiger partial charge in [-0.3, -0.25) is 20.4 Å². The van der Waals surface area contributed by atoms with Gasteiger partial charge in [-0.2, -0.15) is 0 Å². The number of carbonyl (C=O) groups is 2. The molecule has 0 aliphatic heterocycles. The van der Waals surface area contributed by atoms with Crippen molar-refractivity contribution in [1.29, 1.82) is 0 Å². The van der Waals surface area contributed by atoms with Gasteiger partial charge < -0.3 is 9.47 Å². The molecule has 0 saturated carbocycles. The first-order valence-electron chi connectivity index (χ1n) is 8.94. The van der Waals surface area contributed by atoms with Crippen LogP contribution in [0.15, 0.2) is 48.5 Å². The molecule has 0 heterocycles. The van der Waals surface area contributed by atoms with Gasteiger partial charge in [0.1, 0.15) is 11.5 Å². The van der Waals surface area contributed by atoms with Crippen LogP contribution < -0.4 is 20.3 Å². The van der Waals surface area contributed by atoms with E-state index in [0.29, 0.717) is 17.1 Å². The summed E-state index contributed by atoms with van der Waals surface area (Å²) in [5.41, 5.74) is 6.15. The monoisotopic (exact) mass is 370 g/mol. The first kappa shape index (κ1) is 20.3. The number of para-hydroxylation sites is 1. The third-order valence-electron chi connectivity index (χ3n) is 3.68. The van der Waals surface area contributed by atoms with Crippen LogP contribution in [0.4, 0.5) is 0 Å². The molecule has 2 rings (SSSR count). The minimum atomic E-state index is -0.448. The van der Waals surface area contributed by atoms with E-state index in [1.165, 1.54) is 0 Å². The molecule has 0 unspecified atom stereocenters. The second kappa shape index (κ2) is 9.62. The molecule has 0 atom stereocenters. The first-order valence-corrected chi connectivity index (χ1v) is 8.94. The van der Waals surface area contributed by atoms with Gasteiger partial charge in [-0.15, -0.1) is 0 Å². The topological polar surface area (TPSA) is 76.7 Å². The standard InChI is InChI=1S/C21H26N2O4/c1-14(2)18-10-5-6-11-19(18)26-13-20(24)22-23-21(25)16-8-7-9-17(12-16)27-15(3)4/h5-12,14-15H,13H2,1-4H3,(H,22,24)(H,23,25). The zero-order valence-electron chi connectivity index (χ0n) is 16.1. The molecule has 144 valence electrons. The average molecular weight is 370 g/mol. The average Bonchev–Trinajstić information content (AvgIpc) is 2.64. The molecule has 6 nitrogen and oxygen atoms in total. The van der Waals surface area contributed by atoms with Gasteiger partial charge in [0.15, 0.2) is 6.61 Å². The Morgan fingerprint density at radius 1 is 0.963 bits per heavy atom. The minimum Gasteiger partial charge on any atom is -0.491 e. The Labute approximate surface area is 159 Å². The van der Waals surface area contributed by atoms with Crippen molar-refractivity contribution in [2.24, 2.45) is 0 Å². The molecule has 0 aliphatic carbocycles. The van der Waals surface area contributed by atoms with Crippen molar-refractivity contribution in [3.8, 4) is 11.5 Å². The molecule has 0 fully saturated rings. The lowest BCUT2D eigenvalue weighted by Gasteiger charge is -2.14. The molecule has 2 aromatic carbocycles. The van der Waals surface area contributed by atoms with Crippen LogP contribution in [-0.2, 0) is 4.79 Å². The maximum atomic E-state index is 12.2. The van der Waals surface area contributed by atoms with E-state index in [1.807, 2.05) is 38.1 Å². The van der Waals surface area contributed by atoms with Crippen LogP contribution in [-0.4, -0.2) is 24.5 Å². The Balaban J connectivity index is 1.86. The fourth-order valence-corrected chi connectivity index (χ4v) is 2.45. The highest BCUT2D eigenvalue weighted by atomic mass is 16.5. The Kier molecular flexibility index (Phi) is 7.23. The molecule has 6 heteroatoms. The summed E-state index contributed by atoms with van der Waals surface area (Å²) in [5.74, 6) is 0.658. The smallest absolute Gasteiger partial charge is 0.276 e. The Morgan fingerprint density at radius 3 is 2.41 bits per heavy atom. The summed E-state index contributed by atoms with van der Waals surface area (Å²) in [4.78, 5) is 24.2. The number of hydrazine groups is 1. The zero-order chi connectivity index (χ0) is 19.8. The van der Waals surface area contributed by atoms with Crippen LogP contribution in [0.25, 0.3) is 0 Å². The predicted molar refractivity (Wildman–Crippen MR) is 104 cm³/mol. The van der Waals surface area contributed by atoms with Crippen molar-refractivity contribution >= 4 is 11.8 Å². The van der Waals surface area contributed by atoms with Crippen LogP contribution in [0.2, 0.25) is 0 Å². The van der Waals surface area contributed by atoms with E-state index in [4.69, 9.17) is 9.47 Å². The fourth-order valence-electron chi connectivity index (χ4n) is 2.45. The van der Waals surface area contributed by atoms with Crippen LogP contribution in [0.1, 0.15) is 49.5 Å². The maximum absolute atomic E-state index is 12.2. The molecule has 2 amide bonds. The van der Waals surface area contributed by atoms with Gasteiger partial charge in [-0.25, -0.2) is 0 Å². The van der Waals surface area contributed by atoms with E-state index in [9.17, 15) is 9.59 Å². The molecule has 2 N–H and O–H groups in total. The largest absolute Gasteiger partial charge is 0.491 e.